The van der Waals surface area contributed by atoms with E-state index in [0.717, 1.165) is 6.07 Å². The second-order valence-corrected chi connectivity index (χ2v) is 6.13. The third-order valence-corrected chi connectivity index (χ3v) is 4.14. The molecule has 0 bridgehead atoms. The Morgan fingerprint density at radius 1 is 1.35 bits per heavy atom. The van der Waals surface area contributed by atoms with Gasteiger partial charge < -0.3 is 10.3 Å². The largest absolute Gasteiger partial charge is 0.418 e. The number of aryl methyl sites for hydroxylation is 1. The quantitative estimate of drug-likeness (QED) is 0.872. The number of rotatable bonds is 3. The number of amides is 1. The lowest BCUT2D eigenvalue weighted by Gasteiger charge is -2.27. The van der Waals surface area contributed by atoms with Crippen LogP contribution in [0.3, 0.4) is 0 Å². The van der Waals surface area contributed by atoms with Crippen LogP contribution in [0.15, 0.2) is 29.1 Å². The van der Waals surface area contributed by atoms with Gasteiger partial charge in [0.15, 0.2) is 0 Å². The number of H-pyrrole nitrogens is 1. The molecule has 1 aromatic carbocycles. The van der Waals surface area contributed by atoms with Gasteiger partial charge in [0, 0.05) is 19.5 Å². The number of hydrogen-bond donors (Lipinski definition) is 2. The van der Waals surface area contributed by atoms with Crippen molar-refractivity contribution < 1.29 is 18.0 Å². The first-order valence-electron chi connectivity index (χ1n) is 8.01. The van der Waals surface area contributed by atoms with E-state index in [0.29, 0.717) is 30.0 Å². The van der Waals surface area contributed by atoms with Crippen LogP contribution >= 0.6 is 0 Å². The summed E-state index contributed by atoms with van der Waals surface area (Å²) in [5.41, 5.74) is -0.235. The van der Waals surface area contributed by atoms with E-state index in [1.165, 1.54) is 18.2 Å². The average molecular weight is 366 g/mol. The molecule has 6 nitrogen and oxygen atoms in total. The van der Waals surface area contributed by atoms with Gasteiger partial charge in [-0.15, -0.1) is 0 Å². The van der Waals surface area contributed by atoms with Crippen molar-refractivity contribution in [1.82, 2.24) is 14.9 Å². The zero-order chi connectivity index (χ0) is 18.9. The van der Waals surface area contributed by atoms with Gasteiger partial charge in [0.1, 0.15) is 5.82 Å². The summed E-state index contributed by atoms with van der Waals surface area (Å²) in [5.74, 6) is -0.0367. The van der Waals surface area contributed by atoms with Crippen LogP contribution in [0.2, 0.25) is 0 Å². The summed E-state index contributed by atoms with van der Waals surface area (Å²) in [6.07, 6.45) is -4.04. The molecule has 0 aliphatic carbocycles. The van der Waals surface area contributed by atoms with Gasteiger partial charge in [-0.2, -0.15) is 13.2 Å². The van der Waals surface area contributed by atoms with Crippen molar-refractivity contribution in [3.8, 4) is 0 Å². The zero-order valence-electron chi connectivity index (χ0n) is 14.0. The molecule has 0 radical (unpaired) electrons. The summed E-state index contributed by atoms with van der Waals surface area (Å²) in [4.78, 5) is 32.8. The summed E-state index contributed by atoms with van der Waals surface area (Å²) < 4.78 is 39.0. The van der Waals surface area contributed by atoms with Gasteiger partial charge in [-0.3, -0.25) is 14.5 Å². The van der Waals surface area contributed by atoms with Crippen LogP contribution in [0.1, 0.15) is 22.6 Å². The molecular formula is C17H17F3N4O2. The van der Waals surface area contributed by atoms with Gasteiger partial charge in [-0.05, 0) is 19.1 Å². The van der Waals surface area contributed by atoms with Crippen molar-refractivity contribution in [3.63, 3.8) is 0 Å². The Hall–Kier alpha value is -2.68. The predicted molar refractivity (Wildman–Crippen MR) is 88.6 cm³/mol. The van der Waals surface area contributed by atoms with Crippen molar-refractivity contribution in [2.24, 2.45) is 0 Å². The number of carbonyl (C=O) groups is 1. The van der Waals surface area contributed by atoms with E-state index in [1.807, 2.05) is 0 Å². The van der Waals surface area contributed by atoms with Crippen molar-refractivity contribution in [2.45, 2.75) is 26.1 Å². The summed E-state index contributed by atoms with van der Waals surface area (Å²) in [5, 5.41) is 2.31. The molecule has 1 aliphatic heterocycles. The highest BCUT2D eigenvalue weighted by Gasteiger charge is 2.33. The molecule has 9 heteroatoms. The number of hydrogen-bond acceptors (Lipinski definition) is 4. The Morgan fingerprint density at radius 2 is 2.08 bits per heavy atom. The van der Waals surface area contributed by atoms with E-state index >= 15 is 0 Å². The first-order chi connectivity index (χ1) is 12.2. The molecule has 2 heterocycles. The van der Waals surface area contributed by atoms with Crippen LogP contribution in [0, 0.1) is 6.92 Å². The molecule has 2 N–H and O–H groups in total. The van der Waals surface area contributed by atoms with Gasteiger partial charge in [0.05, 0.1) is 29.1 Å². The number of anilines is 1. The SMILES string of the molecule is Cc1nc2c(c(=O)[nH]1)CN(CC(=O)Nc1ccccc1C(F)(F)F)CC2. The Labute approximate surface area is 147 Å². The van der Waals surface area contributed by atoms with Crippen molar-refractivity contribution in [1.29, 1.82) is 0 Å². The molecule has 0 unspecified atom stereocenters. The molecular weight excluding hydrogens is 349 g/mol. The monoisotopic (exact) mass is 366 g/mol. The molecule has 2 aromatic rings. The van der Waals surface area contributed by atoms with Crippen LogP contribution in [-0.2, 0) is 23.9 Å². The van der Waals surface area contributed by atoms with Crippen molar-refractivity contribution in [2.75, 3.05) is 18.4 Å². The Bertz CT molecular complexity index is 892. The van der Waals surface area contributed by atoms with Crippen LogP contribution in [0.25, 0.3) is 0 Å². The fourth-order valence-corrected chi connectivity index (χ4v) is 2.97. The Balaban J connectivity index is 1.70. The normalized spacial score (nSPS) is 14.8. The smallest absolute Gasteiger partial charge is 0.324 e. The average Bonchev–Trinajstić information content (AvgIpc) is 2.55. The van der Waals surface area contributed by atoms with E-state index in [4.69, 9.17) is 0 Å². The molecule has 3 rings (SSSR count). The van der Waals surface area contributed by atoms with E-state index in [-0.39, 0.29) is 24.3 Å². The number of alkyl halides is 3. The van der Waals surface area contributed by atoms with E-state index < -0.39 is 17.6 Å². The number of aromatic nitrogens is 2. The molecule has 1 amide bonds. The summed E-state index contributed by atoms with van der Waals surface area (Å²) >= 11 is 0. The molecule has 138 valence electrons. The number of nitrogens with zero attached hydrogens (tertiary/aromatic N) is 2. The molecule has 0 saturated heterocycles. The lowest BCUT2D eigenvalue weighted by Crippen LogP contribution is -2.40. The Morgan fingerprint density at radius 3 is 2.81 bits per heavy atom. The third-order valence-electron chi connectivity index (χ3n) is 4.14. The second kappa shape index (κ2) is 6.91. The van der Waals surface area contributed by atoms with Crippen molar-refractivity contribution >= 4 is 11.6 Å². The number of carbonyl (C=O) groups excluding carboxylic acids is 1. The number of aromatic amines is 1. The summed E-state index contributed by atoms with van der Waals surface area (Å²) in [7, 11) is 0. The third kappa shape index (κ3) is 3.93. The first-order valence-corrected chi connectivity index (χ1v) is 8.01. The predicted octanol–water partition coefficient (Wildman–Crippen LogP) is 2.09. The standard InChI is InChI=1S/C17H17F3N4O2/c1-10-21-13-6-7-24(8-11(13)16(26)22-10)9-15(25)23-14-5-3-2-4-12(14)17(18,19)20/h2-5H,6-9H2,1H3,(H,23,25)(H,21,22,26). The molecule has 0 saturated carbocycles. The van der Waals surface area contributed by atoms with Gasteiger partial charge in [0.25, 0.3) is 5.56 Å². The topological polar surface area (TPSA) is 78.1 Å². The number of benzene rings is 1. The van der Waals surface area contributed by atoms with Gasteiger partial charge in [-0.25, -0.2) is 4.98 Å². The van der Waals surface area contributed by atoms with Crippen LogP contribution < -0.4 is 10.9 Å². The highest BCUT2D eigenvalue weighted by atomic mass is 19.4. The lowest BCUT2D eigenvalue weighted by molar-refractivity contribution is -0.137. The fourth-order valence-electron chi connectivity index (χ4n) is 2.97. The zero-order valence-corrected chi connectivity index (χ0v) is 14.0. The van der Waals surface area contributed by atoms with Crippen LogP contribution in [0.5, 0.6) is 0 Å². The van der Waals surface area contributed by atoms with E-state index in [1.54, 1.807) is 11.8 Å². The number of nitrogens with one attached hydrogen (secondary N) is 2. The van der Waals surface area contributed by atoms with Gasteiger partial charge in [0.2, 0.25) is 5.91 Å². The minimum atomic E-state index is -4.55. The van der Waals surface area contributed by atoms with Gasteiger partial charge >= 0.3 is 6.18 Å². The van der Waals surface area contributed by atoms with Crippen LogP contribution in [0.4, 0.5) is 18.9 Å². The lowest BCUT2D eigenvalue weighted by atomic mass is 10.1. The highest BCUT2D eigenvalue weighted by molar-refractivity contribution is 5.93. The molecule has 1 aliphatic rings. The van der Waals surface area contributed by atoms with Crippen molar-refractivity contribution in [3.05, 3.63) is 57.3 Å². The minimum absolute atomic E-state index is 0.112. The number of para-hydroxylation sites is 1. The number of fused-ring (bicyclic) bond motifs is 1. The maximum absolute atomic E-state index is 13.0. The molecule has 0 atom stereocenters. The maximum Gasteiger partial charge on any atom is 0.418 e. The minimum Gasteiger partial charge on any atom is -0.324 e. The molecule has 26 heavy (non-hydrogen) atoms. The Kier molecular flexibility index (Phi) is 4.82. The fraction of sp³-hybridized carbons (Fsp3) is 0.353. The number of halogens is 3. The maximum atomic E-state index is 13.0. The van der Waals surface area contributed by atoms with Gasteiger partial charge in [-0.1, -0.05) is 12.1 Å². The second-order valence-electron chi connectivity index (χ2n) is 6.13. The molecule has 1 aromatic heterocycles. The molecule has 0 spiro atoms. The summed E-state index contributed by atoms with van der Waals surface area (Å²) in [6.45, 7) is 2.31. The molecule has 0 fully saturated rings. The van der Waals surface area contributed by atoms with E-state index in [9.17, 15) is 22.8 Å². The van der Waals surface area contributed by atoms with Crippen LogP contribution in [-0.4, -0.2) is 33.9 Å². The van der Waals surface area contributed by atoms with E-state index in [2.05, 4.69) is 15.3 Å². The summed E-state index contributed by atoms with van der Waals surface area (Å²) in [6, 6.07) is 4.82. The first kappa shape index (κ1) is 18.1. The highest BCUT2D eigenvalue weighted by Crippen LogP contribution is 2.34.